The van der Waals surface area contributed by atoms with E-state index in [9.17, 15) is 9.59 Å². The maximum Gasteiger partial charge on any atom is 0.364 e. The van der Waals surface area contributed by atoms with Crippen LogP contribution in [0.1, 0.15) is 10.5 Å². The summed E-state index contributed by atoms with van der Waals surface area (Å²) in [7, 11) is 1.52. The van der Waals surface area contributed by atoms with Gasteiger partial charge in [-0.2, -0.15) is 5.10 Å². The number of rotatable bonds is 2. The Morgan fingerprint density at radius 1 is 0.880 bits per heavy atom. The number of fused-ring (bicyclic) bond motifs is 2. The van der Waals surface area contributed by atoms with E-state index in [1.165, 1.54) is 7.05 Å². The molecule has 1 heterocycles. The van der Waals surface area contributed by atoms with Crippen molar-refractivity contribution >= 4 is 27.5 Å². The number of benzene rings is 3. The fourth-order valence-electron chi connectivity index (χ4n) is 2.88. The van der Waals surface area contributed by atoms with Crippen LogP contribution in [0, 0.1) is 0 Å². The summed E-state index contributed by atoms with van der Waals surface area (Å²) in [5.74, 6) is -0.133. The zero-order valence-corrected chi connectivity index (χ0v) is 13.5. The van der Waals surface area contributed by atoms with E-state index in [1.807, 2.05) is 36.4 Å². The van der Waals surface area contributed by atoms with Gasteiger partial charge in [-0.05, 0) is 17.5 Å². The van der Waals surface area contributed by atoms with Crippen LogP contribution in [0.4, 0.5) is 0 Å². The monoisotopic (exact) mass is 330 g/mol. The average molecular weight is 330 g/mol. The molecule has 0 saturated carbocycles. The van der Waals surface area contributed by atoms with Gasteiger partial charge in [-0.3, -0.25) is 4.79 Å². The third-order valence-corrected chi connectivity index (χ3v) is 4.10. The van der Waals surface area contributed by atoms with Gasteiger partial charge in [0.15, 0.2) is 5.69 Å². The Labute approximate surface area is 143 Å². The molecule has 5 heteroatoms. The molecular weight excluding hydrogens is 316 g/mol. The lowest BCUT2D eigenvalue weighted by Crippen LogP contribution is -2.24. The van der Waals surface area contributed by atoms with Crippen molar-refractivity contribution in [1.82, 2.24) is 9.78 Å². The quantitative estimate of drug-likeness (QED) is 0.418. The van der Waals surface area contributed by atoms with Gasteiger partial charge in [0.1, 0.15) is 5.75 Å². The van der Waals surface area contributed by atoms with E-state index in [4.69, 9.17) is 4.74 Å². The molecule has 5 nitrogen and oxygen atoms in total. The number of hydrogen-bond acceptors (Lipinski definition) is 4. The van der Waals surface area contributed by atoms with E-state index in [1.54, 1.807) is 30.3 Å². The van der Waals surface area contributed by atoms with Crippen LogP contribution in [0.5, 0.6) is 5.75 Å². The van der Waals surface area contributed by atoms with Gasteiger partial charge in [-0.15, -0.1) is 0 Å². The largest absolute Gasteiger partial charge is 0.421 e. The summed E-state index contributed by atoms with van der Waals surface area (Å²) in [6.07, 6.45) is 0. The zero-order valence-electron chi connectivity index (χ0n) is 13.5. The van der Waals surface area contributed by atoms with E-state index in [0.717, 1.165) is 15.5 Å². The molecule has 0 bridgehead atoms. The highest BCUT2D eigenvalue weighted by Gasteiger charge is 2.18. The Balaban J connectivity index is 1.83. The molecule has 25 heavy (non-hydrogen) atoms. The van der Waals surface area contributed by atoms with E-state index in [0.29, 0.717) is 16.5 Å². The van der Waals surface area contributed by atoms with Crippen molar-refractivity contribution in [3.05, 3.63) is 82.8 Å². The molecule has 4 aromatic rings. The molecule has 0 spiro atoms. The van der Waals surface area contributed by atoms with Crippen molar-refractivity contribution in [3.63, 3.8) is 0 Å². The van der Waals surface area contributed by atoms with Crippen LogP contribution in [0.25, 0.3) is 21.5 Å². The van der Waals surface area contributed by atoms with Crippen LogP contribution in [0.3, 0.4) is 0 Å². The van der Waals surface area contributed by atoms with Gasteiger partial charge < -0.3 is 4.74 Å². The molecule has 3 aromatic carbocycles. The Morgan fingerprint density at radius 2 is 1.52 bits per heavy atom. The summed E-state index contributed by atoms with van der Waals surface area (Å²) >= 11 is 0. The van der Waals surface area contributed by atoms with Crippen molar-refractivity contribution in [2.45, 2.75) is 0 Å². The predicted molar refractivity (Wildman–Crippen MR) is 95.9 cm³/mol. The SMILES string of the molecule is Cn1nc(C(=O)Oc2cccc3ccccc23)c2ccccc2c1=O. The lowest BCUT2D eigenvalue weighted by atomic mass is 10.1. The first-order valence-corrected chi connectivity index (χ1v) is 7.81. The van der Waals surface area contributed by atoms with Crippen molar-refractivity contribution < 1.29 is 9.53 Å². The molecule has 0 radical (unpaired) electrons. The normalized spacial score (nSPS) is 10.9. The van der Waals surface area contributed by atoms with Crippen molar-refractivity contribution in [2.75, 3.05) is 0 Å². The van der Waals surface area contributed by atoms with Gasteiger partial charge in [0, 0.05) is 17.8 Å². The molecule has 0 aliphatic heterocycles. The summed E-state index contributed by atoms with van der Waals surface area (Å²) in [4.78, 5) is 24.9. The van der Waals surface area contributed by atoms with Gasteiger partial charge in [-0.25, -0.2) is 9.48 Å². The number of esters is 1. The van der Waals surface area contributed by atoms with Gasteiger partial charge in [-0.1, -0.05) is 54.6 Å². The molecule has 0 aliphatic carbocycles. The molecule has 0 saturated heterocycles. The number of ether oxygens (including phenoxy) is 1. The molecule has 4 rings (SSSR count). The first-order chi connectivity index (χ1) is 12.1. The third-order valence-electron chi connectivity index (χ3n) is 4.10. The lowest BCUT2D eigenvalue weighted by molar-refractivity contribution is 0.0730. The average Bonchev–Trinajstić information content (AvgIpc) is 2.65. The van der Waals surface area contributed by atoms with E-state index >= 15 is 0 Å². The maximum atomic E-state index is 12.7. The second-order valence-corrected chi connectivity index (χ2v) is 5.69. The second-order valence-electron chi connectivity index (χ2n) is 5.69. The maximum absolute atomic E-state index is 12.7. The minimum atomic E-state index is -0.594. The number of aromatic nitrogens is 2. The standard InChI is InChI=1S/C20H14N2O3/c1-22-19(23)16-11-5-4-10-15(16)18(21-22)20(24)25-17-12-6-8-13-7-2-3-9-14(13)17/h2-12H,1H3. The third kappa shape index (κ3) is 2.55. The Bertz CT molecular complexity index is 1170. The van der Waals surface area contributed by atoms with Gasteiger partial charge in [0.2, 0.25) is 0 Å². The van der Waals surface area contributed by atoms with Crippen molar-refractivity contribution in [2.24, 2.45) is 7.05 Å². The van der Waals surface area contributed by atoms with Gasteiger partial charge in [0.05, 0.1) is 5.39 Å². The minimum absolute atomic E-state index is 0.116. The minimum Gasteiger partial charge on any atom is -0.421 e. The fraction of sp³-hybridized carbons (Fsp3) is 0.0500. The summed E-state index contributed by atoms with van der Waals surface area (Å²) in [6, 6.07) is 20.1. The zero-order chi connectivity index (χ0) is 17.4. The van der Waals surface area contributed by atoms with Crippen molar-refractivity contribution in [1.29, 1.82) is 0 Å². The Kier molecular flexibility index (Phi) is 3.54. The lowest BCUT2D eigenvalue weighted by Gasteiger charge is -2.10. The topological polar surface area (TPSA) is 61.2 Å². The fourth-order valence-corrected chi connectivity index (χ4v) is 2.88. The van der Waals surface area contributed by atoms with Crippen LogP contribution in [0.15, 0.2) is 71.5 Å². The molecule has 0 aliphatic rings. The summed E-state index contributed by atoms with van der Waals surface area (Å²) in [6.45, 7) is 0. The first kappa shape index (κ1) is 15.1. The molecule has 0 amide bonds. The Hall–Kier alpha value is -3.47. The molecule has 0 fully saturated rings. The number of hydrogen-bond donors (Lipinski definition) is 0. The van der Waals surface area contributed by atoms with E-state index in [-0.39, 0.29) is 11.3 Å². The van der Waals surface area contributed by atoms with E-state index in [2.05, 4.69) is 5.10 Å². The Morgan fingerprint density at radius 3 is 2.32 bits per heavy atom. The highest BCUT2D eigenvalue weighted by molar-refractivity contribution is 6.04. The molecule has 122 valence electrons. The number of carbonyl (C=O) groups is 1. The van der Waals surface area contributed by atoms with Crippen molar-refractivity contribution in [3.8, 4) is 5.75 Å². The number of aryl methyl sites for hydroxylation is 1. The summed E-state index contributed by atoms with van der Waals surface area (Å²) in [5.41, 5.74) is -0.136. The highest BCUT2D eigenvalue weighted by atomic mass is 16.5. The van der Waals surface area contributed by atoms with Crippen LogP contribution in [0.2, 0.25) is 0 Å². The van der Waals surface area contributed by atoms with Crippen LogP contribution in [-0.2, 0) is 7.05 Å². The molecule has 0 unspecified atom stereocenters. The van der Waals surface area contributed by atoms with Crippen LogP contribution in [-0.4, -0.2) is 15.7 Å². The molecule has 1 aromatic heterocycles. The second kappa shape index (κ2) is 5.87. The molecule has 0 atom stereocenters. The smallest absolute Gasteiger partial charge is 0.364 e. The summed E-state index contributed by atoms with van der Waals surface area (Å²) < 4.78 is 6.75. The number of nitrogens with zero attached hydrogens (tertiary/aromatic N) is 2. The van der Waals surface area contributed by atoms with Crippen LogP contribution >= 0.6 is 0 Å². The number of carbonyl (C=O) groups excluding carboxylic acids is 1. The van der Waals surface area contributed by atoms with E-state index < -0.39 is 5.97 Å². The van der Waals surface area contributed by atoms with Gasteiger partial charge >= 0.3 is 5.97 Å². The molecular formula is C20H14N2O3. The van der Waals surface area contributed by atoms with Gasteiger partial charge in [0.25, 0.3) is 5.56 Å². The first-order valence-electron chi connectivity index (χ1n) is 7.81. The van der Waals surface area contributed by atoms with Crippen LogP contribution < -0.4 is 10.3 Å². The predicted octanol–water partition coefficient (Wildman–Crippen LogP) is 3.31. The highest BCUT2D eigenvalue weighted by Crippen LogP contribution is 2.26. The molecule has 0 N–H and O–H groups in total. The summed E-state index contributed by atoms with van der Waals surface area (Å²) in [5, 5.41) is 6.84.